The summed E-state index contributed by atoms with van der Waals surface area (Å²) in [4.78, 5) is 10.8. The first-order valence-corrected chi connectivity index (χ1v) is 4.36. The highest BCUT2D eigenvalue weighted by molar-refractivity contribution is 5.76. The molecule has 1 saturated carbocycles. The normalized spacial score (nSPS) is 30.8. The Morgan fingerprint density at radius 1 is 1.50 bits per heavy atom. The number of carbonyl (C=O) groups excluding carboxylic acids is 1. The molecule has 0 unspecified atom stereocenters. The predicted octanol–water partition coefficient (Wildman–Crippen LogP) is 2.15. The SMILES string of the molecule is CC(=O)C[C@@H]1[C@@H](CC#N)C1(C)C. The molecule has 66 valence electrons. The number of hydrogen-bond donors (Lipinski definition) is 0. The lowest BCUT2D eigenvalue weighted by Crippen LogP contribution is -1.96. The van der Waals surface area contributed by atoms with E-state index in [1.165, 1.54) is 0 Å². The number of nitrogens with zero attached hydrogens (tertiary/aromatic N) is 1. The third kappa shape index (κ3) is 1.50. The summed E-state index contributed by atoms with van der Waals surface area (Å²) in [5.74, 6) is 1.15. The van der Waals surface area contributed by atoms with Gasteiger partial charge in [-0.3, -0.25) is 0 Å². The Morgan fingerprint density at radius 2 is 2.08 bits per heavy atom. The zero-order chi connectivity index (χ0) is 9.35. The summed E-state index contributed by atoms with van der Waals surface area (Å²) in [6, 6.07) is 2.18. The van der Waals surface area contributed by atoms with Crippen LogP contribution in [0.25, 0.3) is 0 Å². The van der Waals surface area contributed by atoms with Gasteiger partial charge in [0, 0.05) is 12.8 Å². The molecule has 0 amide bonds. The van der Waals surface area contributed by atoms with Gasteiger partial charge >= 0.3 is 0 Å². The van der Waals surface area contributed by atoms with Gasteiger partial charge in [-0.1, -0.05) is 13.8 Å². The van der Waals surface area contributed by atoms with Gasteiger partial charge in [0.1, 0.15) is 5.78 Å². The van der Waals surface area contributed by atoms with Crippen molar-refractivity contribution >= 4 is 5.78 Å². The van der Waals surface area contributed by atoms with Gasteiger partial charge in [0.05, 0.1) is 6.07 Å². The molecule has 2 atom stereocenters. The zero-order valence-electron chi connectivity index (χ0n) is 7.92. The van der Waals surface area contributed by atoms with Gasteiger partial charge in [-0.15, -0.1) is 0 Å². The minimum absolute atomic E-state index is 0.224. The van der Waals surface area contributed by atoms with Crippen molar-refractivity contribution in [1.82, 2.24) is 0 Å². The Bertz CT molecular complexity index is 237. The average molecular weight is 165 g/mol. The molecule has 0 N–H and O–H groups in total. The maximum absolute atomic E-state index is 10.8. The van der Waals surface area contributed by atoms with Crippen molar-refractivity contribution in [3.63, 3.8) is 0 Å². The summed E-state index contributed by atoms with van der Waals surface area (Å²) in [5, 5.41) is 8.53. The molecule has 0 aromatic rings. The second-order valence-corrected chi connectivity index (χ2v) is 4.30. The number of rotatable bonds is 3. The Balaban J connectivity index is 2.49. The number of ketones is 1. The highest BCUT2D eigenvalue weighted by Gasteiger charge is 2.56. The number of Topliss-reactive ketones (excluding diaryl/α,β-unsaturated/α-hetero) is 1. The molecule has 2 heteroatoms. The van der Waals surface area contributed by atoms with E-state index in [0.717, 1.165) is 0 Å². The summed E-state index contributed by atoms with van der Waals surface area (Å²) >= 11 is 0. The quantitative estimate of drug-likeness (QED) is 0.643. The molecule has 0 heterocycles. The van der Waals surface area contributed by atoms with Gasteiger partial charge in [0.15, 0.2) is 0 Å². The first-order valence-electron chi connectivity index (χ1n) is 4.36. The molecule has 0 aromatic carbocycles. The van der Waals surface area contributed by atoms with Crippen molar-refractivity contribution in [2.75, 3.05) is 0 Å². The molecular weight excluding hydrogens is 150 g/mol. The van der Waals surface area contributed by atoms with Crippen LogP contribution >= 0.6 is 0 Å². The molecule has 1 aliphatic carbocycles. The van der Waals surface area contributed by atoms with Crippen molar-refractivity contribution in [3.05, 3.63) is 0 Å². The summed E-state index contributed by atoms with van der Waals surface area (Å²) in [7, 11) is 0. The lowest BCUT2D eigenvalue weighted by atomic mass is 10.1. The number of nitriles is 1. The molecule has 0 saturated heterocycles. The molecule has 1 aliphatic rings. The summed E-state index contributed by atoms with van der Waals surface area (Å²) in [6.45, 7) is 5.91. The Labute approximate surface area is 73.6 Å². The molecular formula is C10H15NO. The van der Waals surface area contributed by atoms with Crippen molar-refractivity contribution in [2.45, 2.75) is 33.6 Å². The second kappa shape index (κ2) is 2.90. The molecule has 1 fully saturated rings. The van der Waals surface area contributed by atoms with Crippen LogP contribution in [-0.2, 0) is 4.79 Å². The summed E-state index contributed by atoms with van der Waals surface area (Å²) in [5.41, 5.74) is 0.224. The van der Waals surface area contributed by atoms with Gasteiger partial charge in [0.25, 0.3) is 0 Å². The monoisotopic (exact) mass is 165 g/mol. The van der Waals surface area contributed by atoms with E-state index < -0.39 is 0 Å². The molecule has 1 rings (SSSR count). The van der Waals surface area contributed by atoms with E-state index in [-0.39, 0.29) is 11.2 Å². The average Bonchev–Trinajstić information content (AvgIpc) is 2.39. The van der Waals surface area contributed by atoms with Crippen LogP contribution in [0.1, 0.15) is 33.6 Å². The highest BCUT2D eigenvalue weighted by Crippen LogP contribution is 2.61. The molecule has 0 aliphatic heterocycles. The van der Waals surface area contributed by atoms with Crippen LogP contribution in [0, 0.1) is 28.6 Å². The number of carbonyl (C=O) groups is 1. The topological polar surface area (TPSA) is 40.9 Å². The van der Waals surface area contributed by atoms with Gasteiger partial charge < -0.3 is 4.79 Å². The van der Waals surface area contributed by atoms with Gasteiger partial charge in [-0.05, 0) is 24.2 Å². The number of hydrogen-bond acceptors (Lipinski definition) is 2. The molecule has 0 spiro atoms. The van der Waals surface area contributed by atoms with Crippen LogP contribution in [0.4, 0.5) is 0 Å². The first kappa shape index (κ1) is 9.25. The Kier molecular flexibility index (Phi) is 2.23. The van der Waals surface area contributed by atoms with Crippen LogP contribution in [0.5, 0.6) is 0 Å². The molecule has 2 nitrogen and oxygen atoms in total. The lowest BCUT2D eigenvalue weighted by Gasteiger charge is -1.98. The second-order valence-electron chi connectivity index (χ2n) is 4.30. The van der Waals surface area contributed by atoms with Crippen molar-refractivity contribution in [2.24, 2.45) is 17.3 Å². The Hall–Kier alpha value is -0.840. The third-order valence-corrected chi connectivity index (χ3v) is 3.11. The van der Waals surface area contributed by atoms with E-state index in [0.29, 0.717) is 24.7 Å². The maximum atomic E-state index is 10.8. The van der Waals surface area contributed by atoms with Crippen LogP contribution in [-0.4, -0.2) is 5.78 Å². The van der Waals surface area contributed by atoms with Crippen LogP contribution in [0.15, 0.2) is 0 Å². The van der Waals surface area contributed by atoms with Crippen molar-refractivity contribution in [3.8, 4) is 6.07 Å². The fraction of sp³-hybridized carbons (Fsp3) is 0.800. The minimum atomic E-state index is 0.224. The Morgan fingerprint density at radius 3 is 2.50 bits per heavy atom. The summed E-state index contributed by atoms with van der Waals surface area (Å²) in [6.07, 6.45) is 1.25. The van der Waals surface area contributed by atoms with E-state index in [1.54, 1.807) is 6.92 Å². The molecule has 0 bridgehead atoms. The fourth-order valence-corrected chi connectivity index (χ4v) is 2.08. The smallest absolute Gasteiger partial charge is 0.130 e. The zero-order valence-corrected chi connectivity index (χ0v) is 7.92. The van der Waals surface area contributed by atoms with Gasteiger partial charge in [-0.2, -0.15) is 5.26 Å². The fourth-order valence-electron chi connectivity index (χ4n) is 2.08. The minimum Gasteiger partial charge on any atom is -0.300 e. The summed E-state index contributed by atoms with van der Waals surface area (Å²) < 4.78 is 0. The van der Waals surface area contributed by atoms with Crippen molar-refractivity contribution in [1.29, 1.82) is 5.26 Å². The van der Waals surface area contributed by atoms with Crippen LogP contribution < -0.4 is 0 Å². The first-order chi connectivity index (χ1) is 5.50. The van der Waals surface area contributed by atoms with Crippen molar-refractivity contribution < 1.29 is 4.79 Å². The van der Waals surface area contributed by atoms with Crippen LogP contribution in [0.2, 0.25) is 0 Å². The van der Waals surface area contributed by atoms with E-state index in [4.69, 9.17) is 5.26 Å². The largest absolute Gasteiger partial charge is 0.300 e. The van der Waals surface area contributed by atoms with E-state index in [1.807, 2.05) is 0 Å². The standard InChI is InChI=1S/C10H15NO/c1-7(12)6-9-8(4-5-11)10(9,2)3/h8-9H,4,6H2,1-3H3/t8-,9-/m1/s1. The lowest BCUT2D eigenvalue weighted by molar-refractivity contribution is -0.117. The van der Waals surface area contributed by atoms with E-state index >= 15 is 0 Å². The van der Waals surface area contributed by atoms with Gasteiger partial charge in [-0.25, -0.2) is 0 Å². The molecule has 0 radical (unpaired) electrons. The molecule has 0 aromatic heterocycles. The maximum Gasteiger partial charge on any atom is 0.130 e. The molecule has 12 heavy (non-hydrogen) atoms. The van der Waals surface area contributed by atoms with Crippen LogP contribution in [0.3, 0.4) is 0 Å². The predicted molar refractivity (Wildman–Crippen MR) is 46.3 cm³/mol. The highest BCUT2D eigenvalue weighted by atomic mass is 16.1. The van der Waals surface area contributed by atoms with E-state index in [2.05, 4.69) is 19.9 Å². The van der Waals surface area contributed by atoms with Gasteiger partial charge in [0.2, 0.25) is 0 Å². The van der Waals surface area contributed by atoms with E-state index in [9.17, 15) is 4.79 Å². The third-order valence-electron chi connectivity index (χ3n) is 3.11.